The summed E-state index contributed by atoms with van der Waals surface area (Å²) in [5.74, 6) is -1.85. The fourth-order valence-corrected chi connectivity index (χ4v) is 4.57. The van der Waals surface area contributed by atoms with E-state index in [-0.39, 0.29) is 31.8 Å². The largest absolute Gasteiger partial charge is 0.395 e. The lowest BCUT2D eigenvalue weighted by molar-refractivity contribution is -0.194. The van der Waals surface area contributed by atoms with Crippen LogP contribution >= 0.6 is 0 Å². The number of likely N-dealkylation sites (N-methyl/N-ethyl adjacent to an activating group) is 1. The number of aromatic nitrogens is 3. The summed E-state index contributed by atoms with van der Waals surface area (Å²) in [5.41, 5.74) is -0.396. The van der Waals surface area contributed by atoms with Gasteiger partial charge >= 0.3 is 6.18 Å². The summed E-state index contributed by atoms with van der Waals surface area (Å²) in [6, 6.07) is 6.27. The van der Waals surface area contributed by atoms with Crippen LogP contribution in [0.4, 0.5) is 17.6 Å². The maximum Gasteiger partial charge on any atom is 0.395 e. The number of fused-ring (bicyclic) bond motifs is 1. The number of amides is 1. The van der Waals surface area contributed by atoms with E-state index >= 15 is 0 Å². The number of halogens is 4. The molecule has 0 saturated heterocycles. The minimum Gasteiger partial charge on any atom is -0.355 e. The van der Waals surface area contributed by atoms with Gasteiger partial charge in [-0.2, -0.15) is 18.3 Å². The number of hydrogen-bond donors (Lipinski definition) is 2. The molecule has 0 radical (unpaired) electrons. The van der Waals surface area contributed by atoms with E-state index in [0.29, 0.717) is 22.9 Å². The minimum atomic E-state index is -4.39. The standard InChI is InChI=1S/C24H27F4N5O/c1-33(2)18(9-15-8-17-13-31-32-22(17)20(25)10-15)14-30-21(34)11-19(16-4-3-7-29-12-16)23(5-6-23)24(26,27)28/h3-4,7-8,10,12-13,18-19H,5-6,9,11,14H2,1-2H3,(H,30,34)(H,31,32). The molecule has 34 heavy (non-hydrogen) atoms. The summed E-state index contributed by atoms with van der Waals surface area (Å²) in [5, 5.41) is 9.92. The third-order valence-electron chi connectivity index (χ3n) is 6.79. The Hall–Kier alpha value is -3.01. The fraction of sp³-hybridized carbons (Fsp3) is 0.458. The van der Waals surface area contributed by atoms with Gasteiger partial charge in [-0.25, -0.2) is 4.39 Å². The first kappa shape index (κ1) is 24.1. The molecule has 1 fully saturated rings. The quantitative estimate of drug-likeness (QED) is 0.453. The zero-order valence-corrected chi connectivity index (χ0v) is 19.0. The number of pyridine rings is 1. The molecule has 6 nitrogen and oxygen atoms in total. The number of carbonyl (C=O) groups excluding carboxylic acids is 1. The molecule has 0 spiro atoms. The van der Waals surface area contributed by atoms with E-state index < -0.39 is 29.2 Å². The van der Waals surface area contributed by atoms with Crippen LogP contribution in [-0.4, -0.2) is 58.8 Å². The van der Waals surface area contributed by atoms with Gasteiger partial charge in [0.05, 0.1) is 11.6 Å². The van der Waals surface area contributed by atoms with Crippen LogP contribution in [-0.2, 0) is 11.2 Å². The Morgan fingerprint density at radius 3 is 2.65 bits per heavy atom. The van der Waals surface area contributed by atoms with Crippen molar-refractivity contribution in [2.75, 3.05) is 20.6 Å². The molecule has 2 heterocycles. The molecule has 3 aromatic rings. The Bertz CT molecular complexity index is 1140. The number of alkyl halides is 3. The number of hydrogen-bond acceptors (Lipinski definition) is 4. The van der Waals surface area contributed by atoms with E-state index in [1.807, 2.05) is 25.1 Å². The van der Waals surface area contributed by atoms with Gasteiger partial charge in [-0.05, 0) is 62.7 Å². The van der Waals surface area contributed by atoms with Crippen LogP contribution in [0.25, 0.3) is 10.9 Å². The number of nitrogens with one attached hydrogen (secondary N) is 2. The maximum absolute atomic E-state index is 14.3. The second-order valence-electron chi connectivity index (χ2n) is 9.23. The first-order valence-corrected chi connectivity index (χ1v) is 11.1. The number of rotatable bonds is 9. The Kier molecular flexibility index (Phi) is 6.62. The van der Waals surface area contributed by atoms with Gasteiger partial charge < -0.3 is 10.2 Å². The van der Waals surface area contributed by atoms with Crippen molar-refractivity contribution in [1.29, 1.82) is 0 Å². The van der Waals surface area contributed by atoms with Crippen molar-refractivity contribution >= 4 is 16.8 Å². The molecule has 1 aliphatic carbocycles. The van der Waals surface area contributed by atoms with E-state index in [9.17, 15) is 22.4 Å². The summed E-state index contributed by atoms with van der Waals surface area (Å²) in [6.45, 7) is 0.218. The lowest BCUT2D eigenvalue weighted by Crippen LogP contribution is -2.42. The normalized spacial score (nSPS) is 17.0. The van der Waals surface area contributed by atoms with E-state index in [1.54, 1.807) is 18.3 Å². The van der Waals surface area contributed by atoms with Crippen molar-refractivity contribution in [3.63, 3.8) is 0 Å². The van der Waals surface area contributed by atoms with Crippen LogP contribution in [0.1, 0.15) is 36.3 Å². The van der Waals surface area contributed by atoms with E-state index in [2.05, 4.69) is 20.5 Å². The first-order valence-electron chi connectivity index (χ1n) is 11.1. The molecule has 1 saturated carbocycles. The molecule has 2 unspecified atom stereocenters. The van der Waals surface area contributed by atoms with Gasteiger partial charge in [0.2, 0.25) is 5.91 Å². The predicted octanol–water partition coefficient (Wildman–Crippen LogP) is 4.20. The average Bonchev–Trinajstić information content (AvgIpc) is 3.46. The van der Waals surface area contributed by atoms with Gasteiger partial charge in [0.1, 0.15) is 11.3 Å². The molecule has 2 aromatic heterocycles. The minimum absolute atomic E-state index is 0.00567. The van der Waals surface area contributed by atoms with Gasteiger partial charge in [0.15, 0.2) is 0 Å². The predicted molar refractivity (Wildman–Crippen MR) is 120 cm³/mol. The Morgan fingerprint density at radius 2 is 2.03 bits per heavy atom. The molecule has 0 bridgehead atoms. The fourth-order valence-electron chi connectivity index (χ4n) is 4.57. The molecule has 1 aromatic carbocycles. The smallest absolute Gasteiger partial charge is 0.355 e. The van der Waals surface area contributed by atoms with Gasteiger partial charge in [-0.15, -0.1) is 0 Å². The van der Waals surface area contributed by atoms with Crippen molar-refractivity contribution in [3.8, 4) is 0 Å². The van der Waals surface area contributed by atoms with Crippen molar-refractivity contribution in [2.45, 2.75) is 43.8 Å². The summed E-state index contributed by atoms with van der Waals surface area (Å²) < 4.78 is 55.9. The van der Waals surface area contributed by atoms with E-state index in [1.165, 1.54) is 18.5 Å². The number of carbonyl (C=O) groups is 1. The topological polar surface area (TPSA) is 73.9 Å². The SMILES string of the molecule is CN(C)C(CNC(=O)CC(c1cccnc1)C1(C(F)(F)F)CC1)Cc1cc(F)c2[nH]ncc2c1. The van der Waals surface area contributed by atoms with Crippen molar-refractivity contribution in [2.24, 2.45) is 5.41 Å². The first-order chi connectivity index (χ1) is 16.1. The highest BCUT2D eigenvalue weighted by atomic mass is 19.4. The summed E-state index contributed by atoms with van der Waals surface area (Å²) >= 11 is 0. The molecular weight excluding hydrogens is 450 g/mol. The highest BCUT2D eigenvalue weighted by molar-refractivity contribution is 5.79. The molecule has 2 N–H and O–H groups in total. The van der Waals surface area contributed by atoms with E-state index in [4.69, 9.17) is 0 Å². The third-order valence-corrected chi connectivity index (χ3v) is 6.79. The molecule has 0 aliphatic heterocycles. The Labute approximate surface area is 194 Å². The molecule has 182 valence electrons. The number of aromatic amines is 1. The Morgan fingerprint density at radius 1 is 1.26 bits per heavy atom. The van der Waals surface area contributed by atoms with Gasteiger partial charge in [0, 0.05) is 42.7 Å². The molecule has 2 atom stereocenters. The molecule has 10 heteroatoms. The Balaban J connectivity index is 1.44. The highest BCUT2D eigenvalue weighted by Crippen LogP contribution is 2.66. The van der Waals surface area contributed by atoms with Crippen molar-refractivity contribution in [3.05, 3.63) is 59.8 Å². The molecule has 1 amide bonds. The summed E-state index contributed by atoms with van der Waals surface area (Å²) in [4.78, 5) is 18.7. The van der Waals surface area contributed by atoms with Crippen LogP contribution < -0.4 is 5.32 Å². The maximum atomic E-state index is 14.3. The van der Waals surface area contributed by atoms with Gasteiger partial charge in [-0.1, -0.05) is 6.07 Å². The van der Waals surface area contributed by atoms with Gasteiger partial charge in [-0.3, -0.25) is 14.9 Å². The van der Waals surface area contributed by atoms with Crippen LogP contribution in [0.5, 0.6) is 0 Å². The van der Waals surface area contributed by atoms with E-state index in [0.717, 1.165) is 5.56 Å². The van der Waals surface area contributed by atoms with Crippen LogP contribution in [0.15, 0.2) is 42.9 Å². The number of nitrogens with zero attached hydrogens (tertiary/aromatic N) is 3. The second kappa shape index (κ2) is 9.32. The second-order valence-corrected chi connectivity index (χ2v) is 9.23. The average molecular weight is 478 g/mol. The lowest BCUT2D eigenvalue weighted by atomic mass is 9.80. The van der Waals surface area contributed by atoms with Gasteiger partial charge in [0.25, 0.3) is 0 Å². The molecular formula is C24H27F4N5O. The molecule has 1 aliphatic rings. The van der Waals surface area contributed by atoms with Crippen molar-refractivity contribution < 1.29 is 22.4 Å². The summed E-state index contributed by atoms with van der Waals surface area (Å²) in [7, 11) is 3.68. The third kappa shape index (κ3) is 4.91. The monoisotopic (exact) mass is 477 g/mol. The van der Waals surface area contributed by atoms with Crippen molar-refractivity contribution in [1.82, 2.24) is 25.4 Å². The highest BCUT2D eigenvalue weighted by Gasteiger charge is 2.67. The zero-order valence-electron chi connectivity index (χ0n) is 19.0. The van der Waals surface area contributed by atoms with Crippen LogP contribution in [0.3, 0.4) is 0 Å². The summed E-state index contributed by atoms with van der Waals surface area (Å²) in [6.07, 6.45) is 0.241. The van der Waals surface area contributed by atoms with Crippen LogP contribution in [0.2, 0.25) is 0 Å². The number of H-pyrrole nitrogens is 1. The number of benzene rings is 1. The van der Waals surface area contributed by atoms with Crippen LogP contribution in [0, 0.1) is 11.2 Å². The lowest BCUT2D eigenvalue weighted by Gasteiger charge is -2.30. The zero-order chi connectivity index (χ0) is 24.5. The molecule has 4 rings (SSSR count).